The Morgan fingerprint density at radius 1 is 1.17 bits per heavy atom. The van der Waals surface area contributed by atoms with Crippen LogP contribution < -0.4 is 10.1 Å². The third-order valence-electron chi connectivity index (χ3n) is 7.30. The van der Waals surface area contributed by atoms with Gasteiger partial charge < -0.3 is 19.7 Å². The Morgan fingerprint density at radius 3 is 2.71 bits per heavy atom. The lowest BCUT2D eigenvalue weighted by atomic mass is 9.87. The summed E-state index contributed by atoms with van der Waals surface area (Å²) in [6, 6.07) is 4.27. The number of ether oxygens (including phenoxy) is 2. The highest BCUT2D eigenvalue weighted by atomic mass is 32.1. The Hall–Kier alpha value is -2.71. The maximum atomic E-state index is 12.6. The molecular formula is C27H34N4O3S. The van der Waals surface area contributed by atoms with Crippen LogP contribution in [0.5, 0.6) is 5.75 Å². The molecule has 1 aliphatic carbocycles. The van der Waals surface area contributed by atoms with Gasteiger partial charge in [-0.2, -0.15) is 0 Å². The van der Waals surface area contributed by atoms with E-state index in [9.17, 15) is 4.79 Å². The SMILES string of the molecule is Cc1cc(Nc2ncnc3sc4c(c23)CCC(C(=O)N(C)C)C4)c(OCC2CCOCC2)cc1C. The van der Waals surface area contributed by atoms with Crippen LogP contribution in [0.15, 0.2) is 18.5 Å². The summed E-state index contributed by atoms with van der Waals surface area (Å²) in [5, 5.41) is 4.67. The Labute approximate surface area is 210 Å². The van der Waals surface area contributed by atoms with Gasteiger partial charge in [-0.25, -0.2) is 9.97 Å². The standard InChI is InChI=1S/C27H34N4O3S/c1-16-11-21(22(12-17(16)2)34-14-18-7-9-33-10-8-18)30-25-24-20-6-5-19(27(32)31(3)4)13-23(20)35-26(24)29-15-28-25/h11-12,15,18-19H,5-10,13-14H2,1-4H3,(H,28,29,30). The van der Waals surface area contributed by atoms with Crippen molar-refractivity contribution in [2.45, 2.75) is 46.0 Å². The van der Waals surface area contributed by atoms with E-state index in [1.807, 2.05) is 14.1 Å². The second-order valence-corrected chi connectivity index (χ2v) is 11.1. The van der Waals surface area contributed by atoms with Crippen LogP contribution in [0.25, 0.3) is 10.2 Å². The van der Waals surface area contributed by atoms with Crippen molar-refractivity contribution in [3.8, 4) is 5.75 Å². The second-order valence-electron chi connectivity index (χ2n) is 10.0. The van der Waals surface area contributed by atoms with E-state index in [0.717, 1.165) is 72.8 Å². The van der Waals surface area contributed by atoms with Crippen LogP contribution >= 0.6 is 11.3 Å². The Bertz CT molecular complexity index is 1230. The lowest BCUT2D eigenvalue weighted by molar-refractivity contribution is -0.133. The molecule has 1 amide bonds. The van der Waals surface area contributed by atoms with E-state index in [4.69, 9.17) is 9.47 Å². The molecule has 3 aromatic rings. The number of carbonyl (C=O) groups is 1. The number of aryl methyl sites for hydroxylation is 3. The van der Waals surface area contributed by atoms with E-state index < -0.39 is 0 Å². The number of benzene rings is 1. The van der Waals surface area contributed by atoms with E-state index >= 15 is 0 Å². The van der Waals surface area contributed by atoms with Crippen molar-refractivity contribution < 1.29 is 14.3 Å². The van der Waals surface area contributed by atoms with E-state index in [1.54, 1.807) is 22.6 Å². The summed E-state index contributed by atoms with van der Waals surface area (Å²) in [5.74, 6) is 2.43. The number of amides is 1. The maximum Gasteiger partial charge on any atom is 0.225 e. The highest BCUT2D eigenvalue weighted by Crippen LogP contribution is 2.41. The minimum atomic E-state index is 0.0415. The molecule has 1 fully saturated rings. The first-order valence-electron chi connectivity index (χ1n) is 12.5. The number of fused-ring (bicyclic) bond motifs is 3. The van der Waals surface area contributed by atoms with Crippen molar-refractivity contribution in [1.29, 1.82) is 0 Å². The van der Waals surface area contributed by atoms with Crippen molar-refractivity contribution >= 4 is 39.0 Å². The molecule has 2 aromatic heterocycles. The van der Waals surface area contributed by atoms with Crippen LogP contribution in [0.2, 0.25) is 0 Å². The van der Waals surface area contributed by atoms with Gasteiger partial charge in [0.1, 0.15) is 22.7 Å². The molecule has 1 aliphatic heterocycles. The average Bonchev–Trinajstić information content (AvgIpc) is 3.24. The van der Waals surface area contributed by atoms with Crippen LogP contribution in [-0.4, -0.2) is 54.7 Å². The summed E-state index contributed by atoms with van der Waals surface area (Å²) in [4.78, 5) is 25.7. The maximum absolute atomic E-state index is 12.6. The van der Waals surface area contributed by atoms with Crippen LogP contribution in [0.4, 0.5) is 11.5 Å². The van der Waals surface area contributed by atoms with Crippen molar-refractivity contribution in [2.24, 2.45) is 11.8 Å². The molecule has 1 unspecified atom stereocenters. The summed E-state index contributed by atoms with van der Waals surface area (Å²) in [5.41, 5.74) is 4.62. The highest BCUT2D eigenvalue weighted by molar-refractivity contribution is 7.19. The molecule has 5 rings (SSSR count). The van der Waals surface area contributed by atoms with Gasteiger partial charge in [0.05, 0.1) is 17.7 Å². The fraction of sp³-hybridized carbons (Fsp3) is 0.519. The number of thiophene rings is 1. The molecular weight excluding hydrogens is 460 g/mol. The molecule has 8 heteroatoms. The largest absolute Gasteiger partial charge is 0.491 e. The third-order valence-corrected chi connectivity index (χ3v) is 8.46. The predicted molar refractivity (Wildman–Crippen MR) is 140 cm³/mol. The van der Waals surface area contributed by atoms with Crippen molar-refractivity contribution in [3.63, 3.8) is 0 Å². The predicted octanol–water partition coefficient (Wildman–Crippen LogP) is 5.05. The Morgan fingerprint density at radius 2 is 1.94 bits per heavy atom. The summed E-state index contributed by atoms with van der Waals surface area (Å²) in [6.07, 6.45) is 6.19. The van der Waals surface area contributed by atoms with Gasteiger partial charge in [0, 0.05) is 38.1 Å². The van der Waals surface area contributed by atoms with Gasteiger partial charge in [-0.15, -0.1) is 11.3 Å². The molecule has 35 heavy (non-hydrogen) atoms. The number of rotatable bonds is 6. The molecule has 1 aromatic carbocycles. The van der Waals surface area contributed by atoms with Crippen molar-refractivity contribution in [2.75, 3.05) is 39.2 Å². The zero-order valence-corrected chi connectivity index (χ0v) is 21.8. The molecule has 1 atom stereocenters. The molecule has 1 N–H and O–H groups in total. The number of aromatic nitrogens is 2. The zero-order valence-electron chi connectivity index (χ0n) is 21.0. The smallest absolute Gasteiger partial charge is 0.225 e. The molecule has 1 saturated heterocycles. The lowest BCUT2D eigenvalue weighted by Crippen LogP contribution is -2.32. The summed E-state index contributed by atoms with van der Waals surface area (Å²) < 4.78 is 11.8. The fourth-order valence-electron chi connectivity index (χ4n) is 5.04. The molecule has 7 nitrogen and oxygen atoms in total. The van der Waals surface area contributed by atoms with Gasteiger partial charge in [0.15, 0.2) is 0 Å². The first kappa shape index (κ1) is 24.0. The van der Waals surface area contributed by atoms with Gasteiger partial charge in [-0.05, 0) is 80.7 Å². The van der Waals surface area contributed by atoms with Crippen LogP contribution in [0.3, 0.4) is 0 Å². The highest BCUT2D eigenvalue weighted by Gasteiger charge is 2.30. The monoisotopic (exact) mass is 494 g/mol. The van der Waals surface area contributed by atoms with Gasteiger partial charge in [0.25, 0.3) is 0 Å². The van der Waals surface area contributed by atoms with Crippen LogP contribution in [0, 0.1) is 25.7 Å². The van der Waals surface area contributed by atoms with Gasteiger partial charge in [-0.1, -0.05) is 0 Å². The van der Waals surface area contributed by atoms with Gasteiger partial charge >= 0.3 is 0 Å². The second kappa shape index (κ2) is 10.1. The van der Waals surface area contributed by atoms with Crippen LogP contribution in [-0.2, 0) is 22.4 Å². The molecule has 3 heterocycles. The lowest BCUT2D eigenvalue weighted by Gasteiger charge is -2.24. The Kier molecular flexibility index (Phi) is 6.93. The summed E-state index contributed by atoms with van der Waals surface area (Å²) >= 11 is 1.69. The summed E-state index contributed by atoms with van der Waals surface area (Å²) in [6.45, 7) is 6.55. The number of nitrogens with zero attached hydrogens (tertiary/aromatic N) is 3. The normalized spacial score (nSPS) is 18.3. The van der Waals surface area contributed by atoms with Gasteiger partial charge in [-0.3, -0.25) is 4.79 Å². The quantitative estimate of drug-likeness (QED) is 0.517. The molecule has 0 bridgehead atoms. The number of nitrogens with one attached hydrogen (secondary N) is 1. The van der Waals surface area contributed by atoms with E-state index in [0.29, 0.717) is 12.5 Å². The van der Waals surface area contributed by atoms with E-state index in [-0.39, 0.29) is 11.8 Å². The minimum Gasteiger partial charge on any atom is -0.491 e. The number of carbonyl (C=O) groups excluding carboxylic acids is 1. The summed E-state index contributed by atoms with van der Waals surface area (Å²) in [7, 11) is 3.67. The number of anilines is 2. The molecule has 0 saturated carbocycles. The van der Waals surface area contributed by atoms with Crippen molar-refractivity contribution in [3.05, 3.63) is 40.0 Å². The fourth-order valence-corrected chi connectivity index (χ4v) is 6.30. The topological polar surface area (TPSA) is 76.6 Å². The minimum absolute atomic E-state index is 0.0415. The molecule has 0 spiro atoms. The zero-order chi connectivity index (χ0) is 24.5. The van der Waals surface area contributed by atoms with Crippen molar-refractivity contribution in [1.82, 2.24) is 14.9 Å². The van der Waals surface area contributed by atoms with E-state index in [2.05, 4.69) is 41.3 Å². The molecule has 0 radical (unpaired) electrons. The number of hydrogen-bond acceptors (Lipinski definition) is 7. The average molecular weight is 495 g/mol. The van der Waals surface area contributed by atoms with Gasteiger partial charge in [0.2, 0.25) is 5.91 Å². The Balaban J connectivity index is 1.44. The third kappa shape index (κ3) is 5.00. The van der Waals surface area contributed by atoms with E-state index in [1.165, 1.54) is 21.6 Å². The number of hydrogen-bond donors (Lipinski definition) is 1. The first-order valence-corrected chi connectivity index (χ1v) is 13.3. The molecule has 2 aliphatic rings. The molecule has 186 valence electrons. The van der Waals surface area contributed by atoms with Crippen LogP contribution in [0.1, 0.15) is 40.8 Å². The first-order chi connectivity index (χ1) is 16.9.